The number of aliphatic imine (C=N–C) groups is 1. The number of nitrogens with zero attached hydrogens (tertiary/aromatic N) is 2. The maximum Gasteiger partial charge on any atom is 0.192 e. The Labute approximate surface area is 115 Å². The molecule has 0 saturated carbocycles. The third-order valence-corrected chi connectivity index (χ3v) is 4.07. The van der Waals surface area contributed by atoms with Crippen LogP contribution in [0, 0.1) is 13.8 Å². The number of methoxy groups -OCH3 is 1. The van der Waals surface area contributed by atoms with Gasteiger partial charge in [-0.3, -0.25) is 4.99 Å². The third kappa shape index (κ3) is 2.45. The van der Waals surface area contributed by atoms with E-state index in [4.69, 9.17) is 10.5 Å². The molecule has 0 fully saturated rings. The number of hydrogen-bond donors (Lipinski definition) is 1. The quantitative estimate of drug-likeness (QED) is 0.899. The molecule has 1 aromatic carbocycles. The Morgan fingerprint density at radius 2 is 2.11 bits per heavy atom. The van der Waals surface area contributed by atoms with E-state index in [1.165, 1.54) is 16.7 Å². The average Bonchev–Trinajstić information content (AvgIpc) is 2.67. The molecule has 1 heterocycles. The van der Waals surface area contributed by atoms with Gasteiger partial charge in [-0.15, -0.1) is 0 Å². The van der Waals surface area contributed by atoms with Crippen LogP contribution >= 0.6 is 0 Å². The normalized spacial score (nSPS) is 22.7. The maximum absolute atomic E-state index is 6.02. The zero-order valence-electron chi connectivity index (χ0n) is 12.2. The summed E-state index contributed by atoms with van der Waals surface area (Å²) in [6, 6.07) is 6.58. The van der Waals surface area contributed by atoms with Gasteiger partial charge < -0.3 is 15.4 Å². The van der Waals surface area contributed by atoms with Crippen LogP contribution in [0.1, 0.15) is 23.6 Å². The van der Waals surface area contributed by atoms with Crippen LogP contribution in [-0.2, 0) is 10.3 Å². The summed E-state index contributed by atoms with van der Waals surface area (Å²) in [5.41, 5.74) is 9.73. The van der Waals surface area contributed by atoms with Crippen molar-refractivity contribution in [3.05, 3.63) is 34.9 Å². The highest BCUT2D eigenvalue weighted by molar-refractivity contribution is 5.81. The largest absolute Gasteiger partial charge is 0.383 e. The van der Waals surface area contributed by atoms with Crippen LogP contribution in [-0.4, -0.2) is 37.7 Å². The molecule has 0 bridgehead atoms. The number of benzene rings is 1. The highest BCUT2D eigenvalue weighted by Crippen LogP contribution is 2.33. The number of hydrogen-bond acceptors (Lipinski definition) is 4. The molecular weight excluding hydrogens is 238 g/mol. The van der Waals surface area contributed by atoms with Gasteiger partial charge in [-0.25, -0.2) is 0 Å². The lowest BCUT2D eigenvalue weighted by Gasteiger charge is -2.36. The van der Waals surface area contributed by atoms with E-state index in [-0.39, 0.29) is 5.54 Å². The molecule has 2 N–H and O–H groups in total. The van der Waals surface area contributed by atoms with Gasteiger partial charge in [0.05, 0.1) is 18.7 Å². The van der Waals surface area contributed by atoms with E-state index in [1.807, 2.05) is 0 Å². The second-order valence-corrected chi connectivity index (χ2v) is 5.39. The minimum atomic E-state index is -0.166. The van der Waals surface area contributed by atoms with E-state index in [0.29, 0.717) is 19.1 Å². The van der Waals surface area contributed by atoms with Crippen LogP contribution in [0.25, 0.3) is 0 Å². The Morgan fingerprint density at radius 1 is 1.37 bits per heavy atom. The monoisotopic (exact) mass is 261 g/mol. The summed E-state index contributed by atoms with van der Waals surface area (Å²) >= 11 is 0. The van der Waals surface area contributed by atoms with E-state index < -0.39 is 0 Å². The molecule has 19 heavy (non-hydrogen) atoms. The lowest BCUT2D eigenvalue weighted by atomic mass is 9.89. The molecule has 0 saturated heterocycles. The standard InChI is InChI=1S/C15H23N3O/c1-11-5-6-13(9-12(11)2)15(3)10-17-14(16)18(15)7-8-19-4/h5-6,9H,7-8,10H2,1-4H3,(H2,16,17). The molecule has 0 aromatic heterocycles. The number of aryl methyl sites for hydroxylation is 2. The Morgan fingerprint density at radius 3 is 2.74 bits per heavy atom. The summed E-state index contributed by atoms with van der Waals surface area (Å²) in [4.78, 5) is 6.56. The lowest BCUT2D eigenvalue weighted by Crippen LogP contribution is -2.48. The highest BCUT2D eigenvalue weighted by atomic mass is 16.5. The molecule has 1 unspecified atom stereocenters. The smallest absolute Gasteiger partial charge is 0.192 e. The minimum absolute atomic E-state index is 0.166. The first-order valence-electron chi connectivity index (χ1n) is 6.63. The van der Waals surface area contributed by atoms with Crippen molar-refractivity contribution in [2.24, 2.45) is 10.7 Å². The summed E-state index contributed by atoms with van der Waals surface area (Å²) in [5.74, 6) is 0.609. The average molecular weight is 261 g/mol. The fourth-order valence-electron chi connectivity index (χ4n) is 2.53. The molecule has 1 aromatic rings. The van der Waals surface area contributed by atoms with Gasteiger partial charge in [-0.05, 0) is 37.5 Å². The predicted octanol–water partition coefficient (Wildman–Crippen LogP) is 1.80. The van der Waals surface area contributed by atoms with Crippen molar-refractivity contribution in [3.8, 4) is 0 Å². The van der Waals surface area contributed by atoms with Crippen LogP contribution in [0.15, 0.2) is 23.2 Å². The zero-order valence-corrected chi connectivity index (χ0v) is 12.2. The Kier molecular flexibility index (Phi) is 3.80. The minimum Gasteiger partial charge on any atom is -0.383 e. The van der Waals surface area contributed by atoms with E-state index in [1.54, 1.807) is 7.11 Å². The third-order valence-electron chi connectivity index (χ3n) is 4.07. The van der Waals surface area contributed by atoms with Crippen LogP contribution in [0.2, 0.25) is 0 Å². The molecule has 2 rings (SSSR count). The van der Waals surface area contributed by atoms with Gasteiger partial charge in [0.1, 0.15) is 0 Å². The van der Waals surface area contributed by atoms with E-state index >= 15 is 0 Å². The topological polar surface area (TPSA) is 50.9 Å². The van der Waals surface area contributed by atoms with Crippen LogP contribution in [0.4, 0.5) is 0 Å². The SMILES string of the molecule is COCCN1C(N)=NCC1(C)c1ccc(C)c(C)c1. The maximum atomic E-state index is 6.02. The first-order valence-corrected chi connectivity index (χ1v) is 6.63. The summed E-state index contributed by atoms with van der Waals surface area (Å²) in [5, 5.41) is 0. The van der Waals surface area contributed by atoms with Gasteiger partial charge >= 0.3 is 0 Å². The summed E-state index contributed by atoms with van der Waals surface area (Å²) in [6.45, 7) is 8.57. The van der Waals surface area contributed by atoms with Gasteiger partial charge in [0.15, 0.2) is 5.96 Å². The second kappa shape index (κ2) is 5.21. The summed E-state index contributed by atoms with van der Waals surface area (Å²) in [7, 11) is 1.71. The summed E-state index contributed by atoms with van der Waals surface area (Å²) in [6.07, 6.45) is 0. The van der Waals surface area contributed by atoms with Gasteiger partial charge in [0.25, 0.3) is 0 Å². The zero-order chi connectivity index (χ0) is 14.0. The van der Waals surface area contributed by atoms with Gasteiger partial charge in [-0.1, -0.05) is 18.2 Å². The van der Waals surface area contributed by atoms with Crippen molar-refractivity contribution < 1.29 is 4.74 Å². The molecule has 4 heteroatoms. The number of ether oxygens (including phenoxy) is 1. The van der Waals surface area contributed by atoms with E-state index in [0.717, 1.165) is 6.54 Å². The first-order chi connectivity index (χ1) is 8.99. The molecule has 1 aliphatic rings. The fraction of sp³-hybridized carbons (Fsp3) is 0.533. The molecule has 1 atom stereocenters. The molecule has 0 radical (unpaired) electrons. The fourth-order valence-corrected chi connectivity index (χ4v) is 2.53. The number of nitrogens with two attached hydrogens (primary N) is 1. The molecule has 0 aliphatic carbocycles. The Balaban J connectivity index is 2.32. The van der Waals surface area contributed by atoms with Crippen molar-refractivity contribution in [1.29, 1.82) is 0 Å². The molecule has 1 aliphatic heterocycles. The van der Waals surface area contributed by atoms with Crippen LogP contribution < -0.4 is 5.73 Å². The summed E-state index contributed by atoms with van der Waals surface area (Å²) < 4.78 is 5.17. The van der Waals surface area contributed by atoms with Crippen LogP contribution in [0.3, 0.4) is 0 Å². The first kappa shape index (κ1) is 13.9. The predicted molar refractivity (Wildman–Crippen MR) is 78.3 cm³/mol. The van der Waals surface area contributed by atoms with Crippen molar-refractivity contribution in [1.82, 2.24) is 4.90 Å². The highest BCUT2D eigenvalue weighted by Gasteiger charge is 2.39. The van der Waals surface area contributed by atoms with E-state index in [2.05, 4.69) is 48.9 Å². The Bertz CT molecular complexity index is 498. The molecule has 0 spiro atoms. The van der Waals surface area contributed by atoms with E-state index in [9.17, 15) is 0 Å². The van der Waals surface area contributed by atoms with Crippen molar-refractivity contribution in [2.75, 3.05) is 26.8 Å². The van der Waals surface area contributed by atoms with Gasteiger partial charge in [0.2, 0.25) is 0 Å². The van der Waals surface area contributed by atoms with Crippen molar-refractivity contribution >= 4 is 5.96 Å². The number of guanidine groups is 1. The van der Waals surface area contributed by atoms with Crippen LogP contribution in [0.5, 0.6) is 0 Å². The number of rotatable bonds is 4. The molecular formula is C15H23N3O. The molecule has 4 nitrogen and oxygen atoms in total. The lowest BCUT2D eigenvalue weighted by molar-refractivity contribution is 0.137. The molecule has 104 valence electrons. The molecule has 0 amide bonds. The van der Waals surface area contributed by atoms with Gasteiger partial charge in [0, 0.05) is 13.7 Å². The van der Waals surface area contributed by atoms with Crippen molar-refractivity contribution in [3.63, 3.8) is 0 Å². The van der Waals surface area contributed by atoms with Gasteiger partial charge in [-0.2, -0.15) is 0 Å². The van der Waals surface area contributed by atoms with Crippen molar-refractivity contribution in [2.45, 2.75) is 26.3 Å². The second-order valence-electron chi connectivity index (χ2n) is 5.39. The Hall–Kier alpha value is -1.55.